The second kappa shape index (κ2) is 6.41. The van der Waals surface area contributed by atoms with Crippen LogP contribution in [0, 0.1) is 5.82 Å². The number of hydrogen-bond donors (Lipinski definition) is 1. The Balaban J connectivity index is 2.18. The first-order valence-electron chi connectivity index (χ1n) is 5.32. The molecule has 0 heterocycles. The van der Waals surface area contributed by atoms with Gasteiger partial charge in [-0.15, -0.1) is 0 Å². The molecule has 78 valence electrons. The van der Waals surface area contributed by atoms with E-state index in [4.69, 9.17) is 0 Å². The lowest BCUT2D eigenvalue weighted by Crippen LogP contribution is -2.01. The Bertz CT molecular complexity index is 260. The molecule has 1 nitrogen and oxygen atoms in total. The van der Waals surface area contributed by atoms with E-state index in [2.05, 4.69) is 12.2 Å². The van der Waals surface area contributed by atoms with Gasteiger partial charge in [0.1, 0.15) is 5.82 Å². The molecule has 1 aromatic rings. The van der Waals surface area contributed by atoms with Gasteiger partial charge in [-0.05, 0) is 24.6 Å². The maximum absolute atomic E-state index is 12.8. The van der Waals surface area contributed by atoms with Gasteiger partial charge in [0.05, 0.1) is 0 Å². The highest BCUT2D eigenvalue weighted by atomic mass is 19.1. The van der Waals surface area contributed by atoms with E-state index in [1.807, 2.05) is 6.07 Å². The van der Waals surface area contributed by atoms with Gasteiger partial charge in [-0.25, -0.2) is 4.39 Å². The van der Waals surface area contributed by atoms with E-state index in [0.717, 1.165) is 18.7 Å². The fourth-order valence-electron chi connectivity index (χ4n) is 1.38. The number of rotatable bonds is 6. The molecular formula is C12H18FN. The maximum atomic E-state index is 12.8. The Labute approximate surface area is 85.3 Å². The number of nitrogens with one attached hydrogen (secondary N) is 1. The molecule has 1 aromatic carbocycles. The molecule has 14 heavy (non-hydrogen) atoms. The molecule has 0 saturated carbocycles. The summed E-state index contributed by atoms with van der Waals surface area (Å²) in [5.74, 6) is -0.177. The van der Waals surface area contributed by atoms with Gasteiger partial charge in [-0.3, -0.25) is 0 Å². The minimum absolute atomic E-state index is 0.177. The summed E-state index contributed by atoms with van der Waals surface area (Å²) in [6.45, 7) is 3.13. The van der Waals surface area contributed by atoms with Gasteiger partial charge >= 0.3 is 0 Å². The minimum atomic E-state index is -0.177. The standard InChI is InChI=1S/C12H18FN/c1-2-3-4-5-9-14-12-8-6-7-11(13)10-12/h6-8,10,14H,2-5,9H2,1H3. The van der Waals surface area contributed by atoms with Crippen LogP contribution in [0.3, 0.4) is 0 Å². The first-order valence-corrected chi connectivity index (χ1v) is 5.32. The summed E-state index contributed by atoms with van der Waals surface area (Å²) < 4.78 is 12.8. The van der Waals surface area contributed by atoms with Crippen molar-refractivity contribution in [2.75, 3.05) is 11.9 Å². The quantitative estimate of drug-likeness (QED) is 0.680. The monoisotopic (exact) mass is 195 g/mol. The van der Waals surface area contributed by atoms with Gasteiger partial charge in [0.25, 0.3) is 0 Å². The van der Waals surface area contributed by atoms with Crippen LogP contribution in [0.4, 0.5) is 10.1 Å². The van der Waals surface area contributed by atoms with Crippen molar-refractivity contribution < 1.29 is 4.39 Å². The Kier molecular flexibility index (Phi) is 5.05. The van der Waals surface area contributed by atoms with Gasteiger partial charge in [-0.1, -0.05) is 32.3 Å². The minimum Gasteiger partial charge on any atom is -0.385 e. The SMILES string of the molecule is CCCCCCNc1cccc(F)c1. The third-order valence-corrected chi connectivity index (χ3v) is 2.18. The molecule has 0 unspecified atom stereocenters. The van der Waals surface area contributed by atoms with Gasteiger partial charge < -0.3 is 5.32 Å². The zero-order chi connectivity index (χ0) is 10.2. The zero-order valence-electron chi connectivity index (χ0n) is 8.72. The lowest BCUT2D eigenvalue weighted by Gasteiger charge is -2.05. The van der Waals surface area contributed by atoms with E-state index in [-0.39, 0.29) is 5.82 Å². The third kappa shape index (κ3) is 4.26. The van der Waals surface area contributed by atoms with Crippen molar-refractivity contribution in [2.24, 2.45) is 0 Å². The highest BCUT2D eigenvalue weighted by molar-refractivity contribution is 5.42. The molecule has 0 fully saturated rings. The molecule has 0 bridgehead atoms. The van der Waals surface area contributed by atoms with Crippen molar-refractivity contribution in [2.45, 2.75) is 32.6 Å². The molecule has 0 amide bonds. The van der Waals surface area contributed by atoms with Crippen molar-refractivity contribution in [1.29, 1.82) is 0 Å². The summed E-state index contributed by atoms with van der Waals surface area (Å²) in [6, 6.07) is 6.61. The zero-order valence-corrected chi connectivity index (χ0v) is 8.72. The predicted molar refractivity (Wildman–Crippen MR) is 59.0 cm³/mol. The van der Waals surface area contributed by atoms with Crippen LogP contribution in [0.15, 0.2) is 24.3 Å². The highest BCUT2D eigenvalue weighted by Crippen LogP contribution is 2.09. The van der Waals surface area contributed by atoms with Crippen molar-refractivity contribution in [3.8, 4) is 0 Å². The largest absolute Gasteiger partial charge is 0.385 e. The van der Waals surface area contributed by atoms with E-state index in [9.17, 15) is 4.39 Å². The van der Waals surface area contributed by atoms with Crippen LogP contribution in [0.2, 0.25) is 0 Å². The van der Waals surface area contributed by atoms with E-state index in [1.165, 1.54) is 31.4 Å². The van der Waals surface area contributed by atoms with E-state index in [0.29, 0.717) is 0 Å². The van der Waals surface area contributed by atoms with E-state index in [1.54, 1.807) is 6.07 Å². The number of anilines is 1. The second-order valence-corrected chi connectivity index (χ2v) is 3.50. The fourth-order valence-corrected chi connectivity index (χ4v) is 1.38. The predicted octanol–water partition coefficient (Wildman–Crippen LogP) is 3.82. The summed E-state index contributed by atoms with van der Waals surface area (Å²) >= 11 is 0. The van der Waals surface area contributed by atoms with Crippen molar-refractivity contribution >= 4 is 5.69 Å². The molecule has 0 atom stereocenters. The molecule has 0 radical (unpaired) electrons. The first-order chi connectivity index (χ1) is 6.83. The van der Waals surface area contributed by atoms with E-state index < -0.39 is 0 Å². The highest BCUT2D eigenvalue weighted by Gasteiger charge is 1.93. The molecule has 0 aliphatic heterocycles. The molecule has 2 heteroatoms. The van der Waals surface area contributed by atoms with Crippen LogP contribution in [-0.2, 0) is 0 Å². The lowest BCUT2D eigenvalue weighted by atomic mass is 10.2. The average molecular weight is 195 g/mol. The normalized spacial score (nSPS) is 10.1. The molecule has 0 aliphatic carbocycles. The molecule has 0 spiro atoms. The van der Waals surface area contributed by atoms with Gasteiger partial charge in [0.15, 0.2) is 0 Å². The number of hydrogen-bond acceptors (Lipinski definition) is 1. The number of benzene rings is 1. The average Bonchev–Trinajstić information content (AvgIpc) is 2.18. The Morgan fingerprint density at radius 3 is 2.79 bits per heavy atom. The van der Waals surface area contributed by atoms with Crippen molar-refractivity contribution in [3.05, 3.63) is 30.1 Å². The van der Waals surface area contributed by atoms with Crippen LogP contribution in [-0.4, -0.2) is 6.54 Å². The van der Waals surface area contributed by atoms with Crippen LogP contribution in [0.1, 0.15) is 32.6 Å². The van der Waals surface area contributed by atoms with Crippen molar-refractivity contribution in [1.82, 2.24) is 0 Å². The summed E-state index contributed by atoms with van der Waals surface area (Å²) in [5.41, 5.74) is 0.876. The molecule has 1 N–H and O–H groups in total. The van der Waals surface area contributed by atoms with Crippen LogP contribution < -0.4 is 5.32 Å². The van der Waals surface area contributed by atoms with Crippen LogP contribution in [0.25, 0.3) is 0 Å². The molecule has 1 rings (SSSR count). The summed E-state index contributed by atoms with van der Waals surface area (Å²) in [7, 11) is 0. The number of halogens is 1. The van der Waals surface area contributed by atoms with Gasteiger partial charge in [0, 0.05) is 12.2 Å². The van der Waals surface area contributed by atoms with Gasteiger partial charge in [-0.2, -0.15) is 0 Å². The molecule has 0 aromatic heterocycles. The Morgan fingerprint density at radius 1 is 1.21 bits per heavy atom. The first kappa shape index (κ1) is 11.0. The number of unbranched alkanes of at least 4 members (excludes halogenated alkanes) is 3. The summed E-state index contributed by atoms with van der Waals surface area (Å²) in [6.07, 6.45) is 4.94. The summed E-state index contributed by atoms with van der Waals surface area (Å²) in [5, 5.41) is 3.20. The molecule has 0 saturated heterocycles. The van der Waals surface area contributed by atoms with E-state index >= 15 is 0 Å². The lowest BCUT2D eigenvalue weighted by molar-refractivity contribution is 0.628. The fraction of sp³-hybridized carbons (Fsp3) is 0.500. The third-order valence-electron chi connectivity index (χ3n) is 2.18. The Morgan fingerprint density at radius 2 is 2.07 bits per heavy atom. The van der Waals surface area contributed by atoms with Gasteiger partial charge in [0.2, 0.25) is 0 Å². The van der Waals surface area contributed by atoms with Crippen molar-refractivity contribution in [3.63, 3.8) is 0 Å². The topological polar surface area (TPSA) is 12.0 Å². The molecular weight excluding hydrogens is 177 g/mol. The van der Waals surface area contributed by atoms with Crippen LogP contribution in [0.5, 0.6) is 0 Å². The Hall–Kier alpha value is -1.05. The smallest absolute Gasteiger partial charge is 0.125 e. The molecule has 0 aliphatic rings. The second-order valence-electron chi connectivity index (χ2n) is 3.50. The maximum Gasteiger partial charge on any atom is 0.125 e. The summed E-state index contributed by atoms with van der Waals surface area (Å²) in [4.78, 5) is 0. The van der Waals surface area contributed by atoms with Crippen LogP contribution >= 0.6 is 0 Å².